The summed E-state index contributed by atoms with van der Waals surface area (Å²) >= 11 is 5.23. The van der Waals surface area contributed by atoms with Crippen molar-refractivity contribution in [2.24, 2.45) is 5.73 Å². The molecule has 2 rings (SSSR count). The summed E-state index contributed by atoms with van der Waals surface area (Å²) < 4.78 is 6.93. The maximum Gasteiger partial charge on any atom is 0.119 e. The summed E-state index contributed by atoms with van der Waals surface area (Å²) in [6.45, 7) is 3.31. The van der Waals surface area contributed by atoms with E-state index < -0.39 is 0 Å². The van der Waals surface area contributed by atoms with Crippen LogP contribution in [0.4, 0.5) is 0 Å². The number of hydrogen-bond acceptors (Lipinski definition) is 4. The first kappa shape index (κ1) is 16.5. The second-order valence-electron chi connectivity index (χ2n) is 5.05. The van der Waals surface area contributed by atoms with Gasteiger partial charge in [-0.15, -0.1) is 11.3 Å². The van der Waals surface area contributed by atoms with E-state index in [1.165, 1.54) is 9.35 Å². The highest BCUT2D eigenvalue weighted by atomic mass is 79.9. The Labute approximate surface area is 138 Å². The first-order valence-corrected chi connectivity index (χ1v) is 8.68. The standard InChI is InChI=1S/C16H21BrN2OS/c1-19(11-14-9-16(17)21-12-14)7-2-8-20-15-5-3-13(10-18)4-6-15/h3-6,9,12H,2,7-8,10-11,18H2,1H3. The molecule has 0 atom stereocenters. The van der Waals surface area contributed by atoms with Gasteiger partial charge in [0, 0.05) is 19.6 Å². The Morgan fingerprint density at radius 1 is 1.24 bits per heavy atom. The van der Waals surface area contributed by atoms with Gasteiger partial charge in [0.1, 0.15) is 5.75 Å². The van der Waals surface area contributed by atoms with Crippen LogP contribution in [0.25, 0.3) is 0 Å². The summed E-state index contributed by atoms with van der Waals surface area (Å²) in [4.78, 5) is 2.31. The fourth-order valence-electron chi connectivity index (χ4n) is 2.07. The average Bonchev–Trinajstić information content (AvgIpc) is 2.89. The molecule has 0 aliphatic heterocycles. The molecule has 0 saturated heterocycles. The number of nitrogens with two attached hydrogens (primary N) is 1. The SMILES string of the molecule is CN(CCCOc1ccc(CN)cc1)Cc1csc(Br)c1. The molecule has 0 saturated carbocycles. The van der Waals surface area contributed by atoms with Gasteiger partial charge in [0.25, 0.3) is 0 Å². The largest absolute Gasteiger partial charge is 0.494 e. The normalized spacial score (nSPS) is 11.0. The van der Waals surface area contributed by atoms with Gasteiger partial charge in [-0.05, 0) is 64.1 Å². The highest BCUT2D eigenvalue weighted by Crippen LogP contribution is 2.21. The van der Waals surface area contributed by atoms with Gasteiger partial charge < -0.3 is 15.4 Å². The second-order valence-corrected chi connectivity index (χ2v) is 7.34. The molecular formula is C16H21BrN2OS. The third kappa shape index (κ3) is 5.79. The van der Waals surface area contributed by atoms with E-state index in [9.17, 15) is 0 Å². The quantitative estimate of drug-likeness (QED) is 0.718. The van der Waals surface area contributed by atoms with Crippen molar-refractivity contribution < 1.29 is 4.74 Å². The number of nitrogens with zero attached hydrogens (tertiary/aromatic N) is 1. The van der Waals surface area contributed by atoms with Gasteiger partial charge in [0.05, 0.1) is 10.4 Å². The van der Waals surface area contributed by atoms with E-state index in [1.54, 1.807) is 11.3 Å². The maximum atomic E-state index is 5.74. The molecule has 1 heterocycles. The van der Waals surface area contributed by atoms with Crippen molar-refractivity contribution in [2.45, 2.75) is 19.5 Å². The average molecular weight is 369 g/mol. The monoisotopic (exact) mass is 368 g/mol. The lowest BCUT2D eigenvalue weighted by Crippen LogP contribution is -2.20. The zero-order chi connectivity index (χ0) is 15.1. The van der Waals surface area contributed by atoms with Crippen LogP contribution in [0.2, 0.25) is 0 Å². The molecule has 1 aromatic heterocycles. The summed E-state index contributed by atoms with van der Waals surface area (Å²) in [5.41, 5.74) is 8.05. The highest BCUT2D eigenvalue weighted by molar-refractivity contribution is 9.11. The van der Waals surface area contributed by atoms with Crippen molar-refractivity contribution in [3.05, 3.63) is 50.6 Å². The molecule has 21 heavy (non-hydrogen) atoms. The Morgan fingerprint density at radius 3 is 2.62 bits per heavy atom. The Balaban J connectivity index is 1.64. The van der Waals surface area contributed by atoms with Gasteiger partial charge >= 0.3 is 0 Å². The zero-order valence-electron chi connectivity index (χ0n) is 12.2. The van der Waals surface area contributed by atoms with Gasteiger partial charge in [0.15, 0.2) is 0 Å². The molecule has 0 unspecified atom stereocenters. The van der Waals surface area contributed by atoms with Crippen molar-refractivity contribution in [2.75, 3.05) is 20.2 Å². The van der Waals surface area contributed by atoms with Crippen molar-refractivity contribution in [3.8, 4) is 5.75 Å². The molecule has 5 heteroatoms. The van der Waals surface area contributed by atoms with Gasteiger partial charge in [-0.2, -0.15) is 0 Å². The van der Waals surface area contributed by atoms with Crippen LogP contribution in [0.3, 0.4) is 0 Å². The molecule has 0 aliphatic rings. The van der Waals surface area contributed by atoms with E-state index in [2.05, 4.69) is 39.3 Å². The summed E-state index contributed by atoms with van der Waals surface area (Å²) in [7, 11) is 2.14. The summed E-state index contributed by atoms with van der Waals surface area (Å²) in [6.07, 6.45) is 1.01. The van der Waals surface area contributed by atoms with Crippen LogP contribution in [-0.4, -0.2) is 25.1 Å². The molecule has 2 aromatic rings. The lowest BCUT2D eigenvalue weighted by atomic mass is 10.2. The highest BCUT2D eigenvalue weighted by Gasteiger charge is 2.03. The molecule has 114 valence electrons. The minimum atomic E-state index is 0.573. The molecule has 0 bridgehead atoms. The number of thiophene rings is 1. The predicted molar refractivity (Wildman–Crippen MR) is 92.8 cm³/mol. The Morgan fingerprint density at radius 2 is 2.00 bits per heavy atom. The van der Waals surface area contributed by atoms with Crippen molar-refractivity contribution in [1.82, 2.24) is 4.90 Å². The fourth-order valence-corrected chi connectivity index (χ4v) is 3.27. The van der Waals surface area contributed by atoms with E-state index >= 15 is 0 Å². The van der Waals surface area contributed by atoms with Crippen LogP contribution in [0.5, 0.6) is 5.75 Å². The third-order valence-electron chi connectivity index (χ3n) is 3.19. The topological polar surface area (TPSA) is 38.5 Å². The van der Waals surface area contributed by atoms with Gasteiger partial charge in [-0.3, -0.25) is 0 Å². The lowest BCUT2D eigenvalue weighted by molar-refractivity contribution is 0.259. The molecule has 0 spiro atoms. The lowest BCUT2D eigenvalue weighted by Gasteiger charge is -2.16. The van der Waals surface area contributed by atoms with Crippen LogP contribution in [0, 0.1) is 0 Å². The van der Waals surface area contributed by atoms with Crippen LogP contribution < -0.4 is 10.5 Å². The summed E-state index contributed by atoms with van der Waals surface area (Å²) in [5.74, 6) is 0.914. The molecule has 0 radical (unpaired) electrons. The molecule has 2 N–H and O–H groups in total. The third-order valence-corrected chi connectivity index (χ3v) is 4.74. The molecule has 0 fully saturated rings. The van der Waals surface area contributed by atoms with E-state index in [1.807, 2.05) is 24.3 Å². The smallest absolute Gasteiger partial charge is 0.119 e. The summed E-state index contributed by atoms with van der Waals surface area (Å²) in [5, 5.41) is 2.19. The molecular weight excluding hydrogens is 348 g/mol. The van der Waals surface area contributed by atoms with Crippen molar-refractivity contribution in [1.29, 1.82) is 0 Å². The zero-order valence-corrected chi connectivity index (χ0v) is 14.6. The molecule has 0 aliphatic carbocycles. The van der Waals surface area contributed by atoms with Gasteiger partial charge in [-0.25, -0.2) is 0 Å². The van der Waals surface area contributed by atoms with Crippen molar-refractivity contribution >= 4 is 27.3 Å². The molecule has 3 nitrogen and oxygen atoms in total. The van der Waals surface area contributed by atoms with E-state index in [0.717, 1.165) is 37.4 Å². The van der Waals surface area contributed by atoms with Gasteiger partial charge in [0.2, 0.25) is 0 Å². The van der Waals surface area contributed by atoms with E-state index in [4.69, 9.17) is 10.5 Å². The first-order chi connectivity index (χ1) is 10.2. The minimum absolute atomic E-state index is 0.573. The van der Waals surface area contributed by atoms with E-state index in [-0.39, 0.29) is 0 Å². The number of hydrogen-bond donors (Lipinski definition) is 1. The van der Waals surface area contributed by atoms with E-state index in [0.29, 0.717) is 6.54 Å². The minimum Gasteiger partial charge on any atom is -0.494 e. The fraction of sp³-hybridized carbons (Fsp3) is 0.375. The van der Waals surface area contributed by atoms with Gasteiger partial charge in [-0.1, -0.05) is 12.1 Å². The van der Waals surface area contributed by atoms with Crippen LogP contribution in [-0.2, 0) is 13.1 Å². The molecule has 1 aromatic carbocycles. The molecule has 0 amide bonds. The first-order valence-electron chi connectivity index (χ1n) is 7.00. The Kier molecular flexibility index (Phi) is 6.70. The predicted octanol–water partition coefficient (Wildman–Crippen LogP) is 3.87. The van der Waals surface area contributed by atoms with Crippen LogP contribution in [0.1, 0.15) is 17.5 Å². The Bertz CT molecular complexity index is 541. The van der Waals surface area contributed by atoms with Crippen LogP contribution in [0.15, 0.2) is 39.5 Å². The number of halogens is 1. The van der Waals surface area contributed by atoms with Crippen molar-refractivity contribution in [3.63, 3.8) is 0 Å². The second kappa shape index (κ2) is 8.54. The number of benzene rings is 1. The van der Waals surface area contributed by atoms with Crippen LogP contribution >= 0.6 is 27.3 Å². The maximum absolute atomic E-state index is 5.74. The number of ether oxygens (including phenoxy) is 1. The summed E-state index contributed by atoms with van der Waals surface area (Å²) in [6, 6.07) is 10.2. The Hall–Kier alpha value is -0.880. The number of rotatable bonds is 8.